The molecule has 1 heterocycles. The van der Waals surface area contributed by atoms with Crippen molar-refractivity contribution in [1.82, 2.24) is 14.8 Å². The molecule has 124 valence electrons. The molecule has 0 bridgehead atoms. The molecular formula is C18H26N4O. The van der Waals surface area contributed by atoms with Gasteiger partial charge in [-0.15, -0.1) is 0 Å². The molecule has 0 aliphatic rings. The zero-order valence-electron chi connectivity index (χ0n) is 14.4. The SMILES string of the molecule is CN=C(NCc1cccc(COC)c1)N(C)Cc1cccn1C. The highest BCUT2D eigenvalue weighted by Crippen LogP contribution is 2.07. The average Bonchev–Trinajstić information content (AvgIpc) is 2.94. The Balaban J connectivity index is 1.94. The number of ether oxygens (including phenoxy) is 1. The highest BCUT2D eigenvalue weighted by Gasteiger charge is 2.08. The zero-order chi connectivity index (χ0) is 16.7. The van der Waals surface area contributed by atoms with Gasteiger partial charge in [0.1, 0.15) is 0 Å². The lowest BCUT2D eigenvalue weighted by Gasteiger charge is -2.22. The van der Waals surface area contributed by atoms with Crippen LogP contribution < -0.4 is 5.32 Å². The van der Waals surface area contributed by atoms with Gasteiger partial charge < -0.3 is 19.5 Å². The van der Waals surface area contributed by atoms with Crippen LogP contribution in [-0.2, 0) is 31.5 Å². The molecule has 2 rings (SSSR count). The van der Waals surface area contributed by atoms with Crippen LogP contribution in [0.25, 0.3) is 0 Å². The first-order chi connectivity index (χ1) is 11.1. The molecule has 1 aromatic heterocycles. The summed E-state index contributed by atoms with van der Waals surface area (Å²) < 4.78 is 7.31. The van der Waals surface area contributed by atoms with Crippen LogP contribution in [0.15, 0.2) is 47.6 Å². The first kappa shape index (κ1) is 17.1. The Morgan fingerprint density at radius 3 is 2.70 bits per heavy atom. The number of hydrogen-bond acceptors (Lipinski definition) is 2. The van der Waals surface area contributed by atoms with Gasteiger partial charge in [0.2, 0.25) is 0 Å². The van der Waals surface area contributed by atoms with Crippen LogP contribution in [0.2, 0.25) is 0 Å². The van der Waals surface area contributed by atoms with Crippen molar-refractivity contribution >= 4 is 5.96 Å². The van der Waals surface area contributed by atoms with Gasteiger partial charge in [0.05, 0.1) is 13.2 Å². The van der Waals surface area contributed by atoms with E-state index >= 15 is 0 Å². The fraction of sp³-hybridized carbons (Fsp3) is 0.389. The van der Waals surface area contributed by atoms with Crippen LogP contribution in [-0.4, -0.2) is 36.6 Å². The van der Waals surface area contributed by atoms with E-state index in [-0.39, 0.29) is 0 Å². The summed E-state index contributed by atoms with van der Waals surface area (Å²) in [6, 6.07) is 12.6. The topological polar surface area (TPSA) is 41.8 Å². The van der Waals surface area contributed by atoms with Gasteiger partial charge in [-0.05, 0) is 23.3 Å². The van der Waals surface area contributed by atoms with Crippen LogP contribution in [0, 0.1) is 0 Å². The average molecular weight is 314 g/mol. The summed E-state index contributed by atoms with van der Waals surface area (Å²) in [7, 11) is 7.63. The Bertz CT molecular complexity index is 648. The first-order valence-corrected chi connectivity index (χ1v) is 7.72. The molecule has 5 heteroatoms. The van der Waals surface area contributed by atoms with Crippen molar-refractivity contribution in [3.63, 3.8) is 0 Å². The first-order valence-electron chi connectivity index (χ1n) is 7.72. The third kappa shape index (κ3) is 4.86. The monoisotopic (exact) mass is 314 g/mol. The van der Waals surface area contributed by atoms with Gasteiger partial charge in [0.15, 0.2) is 5.96 Å². The molecule has 23 heavy (non-hydrogen) atoms. The van der Waals surface area contributed by atoms with Crippen molar-refractivity contribution < 1.29 is 4.74 Å². The summed E-state index contributed by atoms with van der Waals surface area (Å²) in [6.45, 7) is 2.19. The zero-order valence-corrected chi connectivity index (χ0v) is 14.4. The number of nitrogens with one attached hydrogen (secondary N) is 1. The summed E-state index contributed by atoms with van der Waals surface area (Å²) in [5.74, 6) is 0.878. The summed E-state index contributed by atoms with van der Waals surface area (Å²) in [5, 5.41) is 3.41. The standard InChI is InChI=1S/C18H26N4O/c1-19-18(22(3)13-17-9-6-10-21(17)2)20-12-15-7-5-8-16(11-15)14-23-4/h5-11H,12-14H2,1-4H3,(H,19,20). The number of guanidine groups is 1. The van der Waals surface area contributed by atoms with Crippen molar-refractivity contribution in [2.24, 2.45) is 12.0 Å². The Morgan fingerprint density at radius 2 is 2.04 bits per heavy atom. The molecule has 2 aromatic rings. The summed E-state index contributed by atoms with van der Waals surface area (Å²) >= 11 is 0. The second-order valence-corrected chi connectivity index (χ2v) is 5.62. The van der Waals surface area contributed by atoms with Crippen molar-refractivity contribution in [2.45, 2.75) is 19.7 Å². The lowest BCUT2D eigenvalue weighted by Crippen LogP contribution is -2.38. The number of aromatic nitrogens is 1. The van der Waals surface area contributed by atoms with E-state index in [0.717, 1.165) is 19.0 Å². The van der Waals surface area contributed by atoms with E-state index in [1.54, 1.807) is 7.11 Å². The highest BCUT2D eigenvalue weighted by molar-refractivity contribution is 5.79. The smallest absolute Gasteiger partial charge is 0.194 e. The minimum Gasteiger partial charge on any atom is -0.380 e. The molecule has 0 saturated carbocycles. The van der Waals surface area contributed by atoms with Crippen molar-refractivity contribution in [3.05, 3.63) is 59.4 Å². The molecule has 0 aliphatic heterocycles. The third-order valence-corrected chi connectivity index (χ3v) is 3.78. The van der Waals surface area contributed by atoms with Gasteiger partial charge >= 0.3 is 0 Å². The Labute approximate surface area is 138 Å². The molecule has 0 atom stereocenters. The summed E-state index contributed by atoms with van der Waals surface area (Å²) in [6.07, 6.45) is 2.06. The Morgan fingerprint density at radius 1 is 1.26 bits per heavy atom. The van der Waals surface area contributed by atoms with Gasteiger partial charge in [-0.2, -0.15) is 0 Å². The van der Waals surface area contributed by atoms with Crippen molar-refractivity contribution in [2.75, 3.05) is 21.2 Å². The number of rotatable bonds is 6. The van der Waals surface area contributed by atoms with Gasteiger partial charge in [0.25, 0.3) is 0 Å². The lowest BCUT2D eigenvalue weighted by molar-refractivity contribution is 0.185. The quantitative estimate of drug-likeness (QED) is 0.657. The Hall–Kier alpha value is -2.27. The molecule has 0 fully saturated rings. The number of aryl methyl sites for hydroxylation is 1. The predicted molar refractivity (Wildman–Crippen MR) is 94.2 cm³/mol. The molecular weight excluding hydrogens is 288 g/mol. The maximum absolute atomic E-state index is 5.18. The van der Waals surface area contributed by atoms with Crippen LogP contribution in [0.3, 0.4) is 0 Å². The predicted octanol–water partition coefficient (Wildman–Crippen LogP) is 2.38. The van der Waals surface area contributed by atoms with E-state index < -0.39 is 0 Å². The summed E-state index contributed by atoms with van der Waals surface area (Å²) in [4.78, 5) is 6.49. The molecule has 0 amide bonds. The fourth-order valence-corrected chi connectivity index (χ4v) is 2.54. The summed E-state index contributed by atoms with van der Waals surface area (Å²) in [5.41, 5.74) is 3.64. The largest absolute Gasteiger partial charge is 0.380 e. The number of aliphatic imine (C=N–C) groups is 1. The van der Waals surface area contributed by atoms with E-state index in [2.05, 4.69) is 69.4 Å². The molecule has 1 aromatic carbocycles. The normalized spacial score (nSPS) is 11.6. The van der Waals surface area contributed by atoms with E-state index in [4.69, 9.17) is 4.74 Å². The molecule has 1 N–H and O–H groups in total. The van der Waals surface area contributed by atoms with E-state index in [1.165, 1.54) is 16.8 Å². The maximum atomic E-state index is 5.18. The number of benzene rings is 1. The second-order valence-electron chi connectivity index (χ2n) is 5.62. The van der Waals surface area contributed by atoms with E-state index in [9.17, 15) is 0 Å². The number of methoxy groups -OCH3 is 1. The van der Waals surface area contributed by atoms with Gasteiger partial charge in [-0.3, -0.25) is 4.99 Å². The van der Waals surface area contributed by atoms with E-state index in [0.29, 0.717) is 6.61 Å². The van der Waals surface area contributed by atoms with Crippen LogP contribution in [0.4, 0.5) is 0 Å². The maximum Gasteiger partial charge on any atom is 0.194 e. The minimum absolute atomic E-state index is 0.635. The minimum atomic E-state index is 0.635. The van der Waals surface area contributed by atoms with Crippen LogP contribution >= 0.6 is 0 Å². The lowest BCUT2D eigenvalue weighted by atomic mass is 10.1. The van der Waals surface area contributed by atoms with Crippen LogP contribution in [0.5, 0.6) is 0 Å². The second kappa shape index (κ2) is 8.39. The Kier molecular flexibility index (Phi) is 6.23. The number of hydrogen-bond donors (Lipinski definition) is 1. The van der Waals surface area contributed by atoms with Gasteiger partial charge in [0, 0.05) is 46.7 Å². The highest BCUT2D eigenvalue weighted by atomic mass is 16.5. The molecule has 0 radical (unpaired) electrons. The molecule has 5 nitrogen and oxygen atoms in total. The molecule has 0 unspecified atom stereocenters. The van der Waals surface area contributed by atoms with E-state index in [1.807, 2.05) is 14.1 Å². The van der Waals surface area contributed by atoms with Crippen molar-refractivity contribution in [1.29, 1.82) is 0 Å². The molecule has 0 saturated heterocycles. The van der Waals surface area contributed by atoms with Gasteiger partial charge in [-0.25, -0.2) is 0 Å². The number of nitrogens with zero attached hydrogens (tertiary/aromatic N) is 3. The van der Waals surface area contributed by atoms with Crippen molar-refractivity contribution in [3.8, 4) is 0 Å². The molecule has 0 spiro atoms. The fourth-order valence-electron chi connectivity index (χ4n) is 2.54. The van der Waals surface area contributed by atoms with Crippen LogP contribution in [0.1, 0.15) is 16.8 Å². The third-order valence-electron chi connectivity index (χ3n) is 3.78. The van der Waals surface area contributed by atoms with Gasteiger partial charge in [-0.1, -0.05) is 24.3 Å². The molecule has 0 aliphatic carbocycles.